The van der Waals surface area contributed by atoms with E-state index in [9.17, 15) is 4.79 Å². The van der Waals surface area contributed by atoms with Gasteiger partial charge in [0.2, 0.25) is 0 Å². The summed E-state index contributed by atoms with van der Waals surface area (Å²) in [4.78, 5) is 16.7. The molecule has 0 atom stereocenters. The lowest BCUT2D eigenvalue weighted by Crippen LogP contribution is -2.27. The molecular formula is C18H21N5O. The minimum absolute atomic E-state index is 0.116. The molecule has 0 saturated heterocycles. The average Bonchev–Trinajstić information content (AvgIpc) is 3.10. The fourth-order valence-electron chi connectivity index (χ4n) is 2.82. The van der Waals surface area contributed by atoms with Gasteiger partial charge in [0.25, 0.3) is 5.91 Å². The van der Waals surface area contributed by atoms with Crippen LogP contribution in [0, 0.1) is 13.8 Å². The van der Waals surface area contributed by atoms with E-state index >= 15 is 0 Å². The molecule has 0 fully saturated rings. The smallest absolute Gasteiger partial charge is 0.256 e. The van der Waals surface area contributed by atoms with Crippen LogP contribution in [-0.4, -0.2) is 31.8 Å². The van der Waals surface area contributed by atoms with Crippen molar-refractivity contribution in [2.45, 2.75) is 20.3 Å². The van der Waals surface area contributed by atoms with Gasteiger partial charge in [0.05, 0.1) is 6.20 Å². The molecule has 3 heterocycles. The molecule has 6 nitrogen and oxygen atoms in total. The summed E-state index contributed by atoms with van der Waals surface area (Å²) < 4.78 is 3.78. The monoisotopic (exact) mass is 323 g/mol. The Hall–Kier alpha value is -2.89. The number of nitrogens with zero attached hydrogens (tertiary/aromatic N) is 4. The number of pyridine rings is 1. The van der Waals surface area contributed by atoms with Crippen molar-refractivity contribution in [3.8, 4) is 5.82 Å². The molecule has 1 amide bonds. The van der Waals surface area contributed by atoms with Crippen LogP contribution >= 0.6 is 0 Å². The number of nitrogens with one attached hydrogen (secondary N) is 1. The molecule has 0 aliphatic carbocycles. The number of rotatable bonds is 5. The van der Waals surface area contributed by atoms with Gasteiger partial charge in [-0.3, -0.25) is 14.5 Å². The van der Waals surface area contributed by atoms with E-state index in [-0.39, 0.29) is 5.91 Å². The molecule has 0 saturated carbocycles. The predicted molar refractivity (Wildman–Crippen MR) is 92.3 cm³/mol. The molecule has 0 radical (unpaired) electrons. The molecule has 0 unspecified atom stereocenters. The van der Waals surface area contributed by atoms with Gasteiger partial charge in [-0.2, -0.15) is 5.10 Å². The first kappa shape index (κ1) is 16.0. The predicted octanol–water partition coefficient (Wildman–Crippen LogP) is 2.20. The van der Waals surface area contributed by atoms with Crippen LogP contribution in [0.15, 0.2) is 42.9 Å². The highest BCUT2D eigenvalue weighted by Crippen LogP contribution is 2.19. The molecule has 1 N–H and O–H groups in total. The van der Waals surface area contributed by atoms with Gasteiger partial charge in [0.15, 0.2) is 0 Å². The summed E-state index contributed by atoms with van der Waals surface area (Å²) in [6.07, 6.45) is 5.92. The number of aryl methyl sites for hydroxylation is 3. The first-order valence-corrected chi connectivity index (χ1v) is 7.92. The number of carbonyl (C=O) groups is 1. The lowest BCUT2D eigenvalue weighted by Gasteiger charge is -2.12. The number of aromatic nitrogens is 4. The first-order valence-electron chi connectivity index (χ1n) is 7.92. The zero-order valence-corrected chi connectivity index (χ0v) is 14.2. The molecule has 6 heteroatoms. The average molecular weight is 323 g/mol. The minimum Gasteiger partial charge on any atom is -0.352 e. The maximum atomic E-state index is 12.6. The molecule has 0 bridgehead atoms. The van der Waals surface area contributed by atoms with E-state index in [1.807, 2.05) is 55.9 Å². The van der Waals surface area contributed by atoms with Crippen LogP contribution in [0.4, 0.5) is 0 Å². The molecule has 24 heavy (non-hydrogen) atoms. The molecular weight excluding hydrogens is 302 g/mol. The molecule has 3 aromatic heterocycles. The van der Waals surface area contributed by atoms with Crippen molar-refractivity contribution in [1.29, 1.82) is 0 Å². The summed E-state index contributed by atoms with van der Waals surface area (Å²) in [7, 11) is 1.85. The van der Waals surface area contributed by atoms with E-state index in [4.69, 9.17) is 0 Å². The lowest BCUT2D eigenvalue weighted by molar-refractivity contribution is 0.0954. The van der Waals surface area contributed by atoms with E-state index in [1.165, 1.54) is 0 Å². The minimum atomic E-state index is -0.116. The number of hydrogen-bond acceptors (Lipinski definition) is 3. The normalized spacial score (nSPS) is 10.8. The van der Waals surface area contributed by atoms with Crippen LogP contribution in [0.2, 0.25) is 0 Å². The van der Waals surface area contributed by atoms with Gasteiger partial charge in [-0.05, 0) is 44.0 Å². The summed E-state index contributed by atoms with van der Waals surface area (Å²) >= 11 is 0. The van der Waals surface area contributed by atoms with Gasteiger partial charge in [0.1, 0.15) is 11.4 Å². The Morgan fingerprint density at radius 1 is 1.17 bits per heavy atom. The van der Waals surface area contributed by atoms with E-state index in [0.29, 0.717) is 12.1 Å². The zero-order valence-electron chi connectivity index (χ0n) is 14.2. The van der Waals surface area contributed by atoms with E-state index in [0.717, 1.165) is 29.2 Å². The SMILES string of the molecule is Cc1ccc(C)n1-c1c(C(=O)NCCc2cccnc2)cnn1C. The Balaban J connectivity index is 1.77. The zero-order chi connectivity index (χ0) is 17.1. The molecule has 3 rings (SSSR count). The van der Waals surface area contributed by atoms with Gasteiger partial charge >= 0.3 is 0 Å². The molecule has 0 aromatic carbocycles. The van der Waals surface area contributed by atoms with Crippen molar-refractivity contribution in [1.82, 2.24) is 24.6 Å². The highest BCUT2D eigenvalue weighted by atomic mass is 16.1. The lowest BCUT2D eigenvalue weighted by atomic mass is 10.2. The van der Waals surface area contributed by atoms with E-state index in [2.05, 4.69) is 15.4 Å². The van der Waals surface area contributed by atoms with Crippen LogP contribution < -0.4 is 5.32 Å². The number of carbonyl (C=O) groups excluding carboxylic acids is 1. The highest BCUT2D eigenvalue weighted by molar-refractivity contribution is 5.97. The van der Waals surface area contributed by atoms with Crippen molar-refractivity contribution in [2.24, 2.45) is 7.05 Å². The molecule has 0 spiro atoms. The molecule has 0 aliphatic rings. The maximum absolute atomic E-state index is 12.6. The van der Waals surface area contributed by atoms with Crippen molar-refractivity contribution >= 4 is 5.91 Å². The largest absolute Gasteiger partial charge is 0.352 e. The third-order valence-corrected chi connectivity index (χ3v) is 4.06. The fraction of sp³-hybridized carbons (Fsp3) is 0.278. The Bertz CT molecular complexity index is 828. The molecule has 0 aliphatic heterocycles. The third-order valence-electron chi connectivity index (χ3n) is 4.06. The van der Waals surface area contributed by atoms with Crippen LogP contribution in [0.1, 0.15) is 27.3 Å². The van der Waals surface area contributed by atoms with E-state index in [1.54, 1.807) is 17.1 Å². The maximum Gasteiger partial charge on any atom is 0.256 e. The van der Waals surface area contributed by atoms with E-state index < -0.39 is 0 Å². The fourth-order valence-corrected chi connectivity index (χ4v) is 2.82. The van der Waals surface area contributed by atoms with Crippen molar-refractivity contribution in [3.05, 3.63) is 65.4 Å². The van der Waals surface area contributed by atoms with Crippen LogP contribution in [0.3, 0.4) is 0 Å². The topological polar surface area (TPSA) is 64.7 Å². The Kier molecular flexibility index (Phi) is 4.46. The summed E-state index contributed by atoms with van der Waals surface area (Å²) in [5.74, 6) is 0.670. The quantitative estimate of drug-likeness (QED) is 0.783. The molecule has 124 valence electrons. The van der Waals surface area contributed by atoms with Crippen LogP contribution in [-0.2, 0) is 13.5 Å². The number of hydrogen-bond donors (Lipinski definition) is 1. The van der Waals surface area contributed by atoms with Gasteiger partial charge in [-0.15, -0.1) is 0 Å². The standard InChI is InChI=1S/C18H21N5O/c1-13-6-7-14(2)23(13)18-16(12-21-22(18)3)17(24)20-10-8-15-5-4-9-19-11-15/h4-7,9,11-12H,8,10H2,1-3H3,(H,20,24). The van der Waals surface area contributed by atoms with Crippen LogP contribution in [0.25, 0.3) is 5.82 Å². The number of amides is 1. The second-order valence-electron chi connectivity index (χ2n) is 5.82. The summed E-state index contributed by atoms with van der Waals surface area (Å²) in [6, 6.07) is 7.97. The van der Waals surface area contributed by atoms with Gasteiger partial charge < -0.3 is 9.88 Å². The van der Waals surface area contributed by atoms with Gasteiger partial charge in [-0.25, -0.2) is 0 Å². The Morgan fingerprint density at radius 2 is 1.92 bits per heavy atom. The summed E-state index contributed by atoms with van der Waals surface area (Å²) in [6.45, 7) is 4.59. The van der Waals surface area contributed by atoms with Crippen molar-refractivity contribution in [2.75, 3.05) is 6.54 Å². The summed E-state index contributed by atoms with van der Waals surface area (Å²) in [5, 5.41) is 7.24. The second-order valence-corrected chi connectivity index (χ2v) is 5.82. The van der Waals surface area contributed by atoms with Gasteiger partial charge in [-0.1, -0.05) is 6.07 Å². The third kappa shape index (κ3) is 3.08. The van der Waals surface area contributed by atoms with Crippen LogP contribution in [0.5, 0.6) is 0 Å². The van der Waals surface area contributed by atoms with Gasteiger partial charge in [0, 0.05) is 37.4 Å². The first-order chi connectivity index (χ1) is 11.6. The summed E-state index contributed by atoms with van der Waals surface area (Å²) in [5.41, 5.74) is 3.81. The van der Waals surface area contributed by atoms with Crippen molar-refractivity contribution < 1.29 is 4.79 Å². The Morgan fingerprint density at radius 3 is 2.58 bits per heavy atom. The highest BCUT2D eigenvalue weighted by Gasteiger charge is 2.19. The molecule has 3 aromatic rings. The Labute approximate surface area is 141 Å². The van der Waals surface area contributed by atoms with Crippen molar-refractivity contribution in [3.63, 3.8) is 0 Å². The second kappa shape index (κ2) is 6.70.